The van der Waals surface area contributed by atoms with Gasteiger partial charge in [-0.3, -0.25) is 0 Å². The molecule has 0 spiro atoms. The Morgan fingerprint density at radius 1 is 1.29 bits per heavy atom. The van der Waals surface area contributed by atoms with Gasteiger partial charge in [0.15, 0.2) is 0 Å². The molecule has 1 atom stereocenters. The quantitative estimate of drug-likeness (QED) is 0.896. The van der Waals surface area contributed by atoms with Gasteiger partial charge in [0.2, 0.25) is 0 Å². The molecule has 1 unspecified atom stereocenters. The van der Waals surface area contributed by atoms with Crippen molar-refractivity contribution in [2.45, 2.75) is 52.1 Å². The standard InChI is InChI=1S/C16H28N4O/c1-11(21)12-6-8-20(9-7-12)14-10-13(17-5)18-15(19-14)16(2,3)4/h10-12,21H,6-9H2,1-5H3,(H,17,18,19). The zero-order chi connectivity index (χ0) is 15.6. The second kappa shape index (κ2) is 6.18. The Morgan fingerprint density at radius 2 is 1.90 bits per heavy atom. The van der Waals surface area contributed by atoms with E-state index in [2.05, 4.69) is 36.0 Å². The van der Waals surface area contributed by atoms with E-state index in [9.17, 15) is 5.11 Å². The summed E-state index contributed by atoms with van der Waals surface area (Å²) in [4.78, 5) is 11.6. The van der Waals surface area contributed by atoms with Crippen molar-refractivity contribution in [2.24, 2.45) is 5.92 Å². The molecule has 1 saturated heterocycles. The lowest BCUT2D eigenvalue weighted by atomic mass is 9.92. The molecule has 2 N–H and O–H groups in total. The van der Waals surface area contributed by atoms with Crippen LogP contribution in [0.15, 0.2) is 6.07 Å². The van der Waals surface area contributed by atoms with E-state index in [4.69, 9.17) is 4.98 Å². The van der Waals surface area contributed by atoms with Crippen LogP contribution in [0.5, 0.6) is 0 Å². The maximum absolute atomic E-state index is 9.71. The van der Waals surface area contributed by atoms with Crippen LogP contribution in [0.4, 0.5) is 11.6 Å². The smallest absolute Gasteiger partial charge is 0.138 e. The SMILES string of the molecule is CNc1cc(N2CCC(C(C)O)CC2)nc(C(C)(C)C)n1. The van der Waals surface area contributed by atoms with Gasteiger partial charge in [0.05, 0.1) is 6.10 Å². The van der Waals surface area contributed by atoms with Crippen molar-refractivity contribution in [3.63, 3.8) is 0 Å². The molecule has 1 fully saturated rings. The highest BCUT2D eigenvalue weighted by atomic mass is 16.3. The van der Waals surface area contributed by atoms with E-state index in [0.717, 1.165) is 43.4 Å². The van der Waals surface area contributed by atoms with Gasteiger partial charge < -0.3 is 15.3 Å². The van der Waals surface area contributed by atoms with E-state index < -0.39 is 0 Å². The molecule has 0 amide bonds. The van der Waals surface area contributed by atoms with Crippen molar-refractivity contribution in [2.75, 3.05) is 30.4 Å². The predicted molar refractivity (Wildman–Crippen MR) is 86.9 cm³/mol. The van der Waals surface area contributed by atoms with E-state index in [-0.39, 0.29) is 11.5 Å². The summed E-state index contributed by atoms with van der Waals surface area (Å²) < 4.78 is 0. The molecule has 1 aromatic heterocycles. The average Bonchev–Trinajstić information content (AvgIpc) is 2.46. The largest absolute Gasteiger partial charge is 0.393 e. The fraction of sp³-hybridized carbons (Fsp3) is 0.750. The van der Waals surface area contributed by atoms with E-state index in [0.29, 0.717) is 5.92 Å². The monoisotopic (exact) mass is 292 g/mol. The first-order valence-corrected chi connectivity index (χ1v) is 7.81. The number of nitrogens with zero attached hydrogens (tertiary/aromatic N) is 3. The van der Waals surface area contributed by atoms with Gasteiger partial charge in [-0.1, -0.05) is 20.8 Å². The molecule has 1 aliphatic heterocycles. The summed E-state index contributed by atoms with van der Waals surface area (Å²) in [5, 5.41) is 12.8. The van der Waals surface area contributed by atoms with Crippen molar-refractivity contribution >= 4 is 11.6 Å². The summed E-state index contributed by atoms with van der Waals surface area (Å²) in [6.45, 7) is 10.2. The zero-order valence-electron chi connectivity index (χ0n) is 13.8. The van der Waals surface area contributed by atoms with Crippen LogP contribution >= 0.6 is 0 Å². The van der Waals surface area contributed by atoms with Crippen LogP contribution in [0.3, 0.4) is 0 Å². The Labute approximate surface area is 127 Å². The number of nitrogens with one attached hydrogen (secondary N) is 1. The van der Waals surface area contributed by atoms with Crippen molar-refractivity contribution < 1.29 is 5.11 Å². The Bertz CT molecular complexity index is 474. The molecule has 0 saturated carbocycles. The van der Waals surface area contributed by atoms with E-state index in [1.54, 1.807) is 0 Å². The number of anilines is 2. The van der Waals surface area contributed by atoms with Crippen LogP contribution in [-0.4, -0.2) is 41.3 Å². The number of piperidine rings is 1. The number of hydrogen-bond acceptors (Lipinski definition) is 5. The lowest BCUT2D eigenvalue weighted by molar-refractivity contribution is 0.110. The molecule has 1 aromatic rings. The summed E-state index contributed by atoms with van der Waals surface area (Å²) in [6, 6.07) is 2.01. The highest BCUT2D eigenvalue weighted by Crippen LogP contribution is 2.28. The van der Waals surface area contributed by atoms with E-state index >= 15 is 0 Å². The molecular weight excluding hydrogens is 264 g/mol. The molecule has 2 heterocycles. The van der Waals surface area contributed by atoms with E-state index in [1.807, 2.05) is 20.0 Å². The molecule has 5 heteroatoms. The van der Waals surface area contributed by atoms with Gasteiger partial charge in [-0.25, -0.2) is 9.97 Å². The van der Waals surface area contributed by atoms with Crippen molar-refractivity contribution in [1.29, 1.82) is 0 Å². The van der Waals surface area contributed by atoms with Crippen LogP contribution in [0, 0.1) is 5.92 Å². The summed E-state index contributed by atoms with van der Waals surface area (Å²) in [5.41, 5.74) is -0.0699. The highest BCUT2D eigenvalue weighted by Gasteiger charge is 2.25. The molecule has 0 aromatic carbocycles. The third-order valence-corrected chi connectivity index (χ3v) is 4.19. The molecule has 0 bridgehead atoms. The Morgan fingerprint density at radius 3 is 2.38 bits per heavy atom. The van der Waals surface area contributed by atoms with Gasteiger partial charge >= 0.3 is 0 Å². The molecular formula is C16H28N4O. The molecule has 0 aliphatic carbocycles. The Kier molecular flexibility index (Phi) is 4.71. The molecule has 118 valence electrons. The number of aromatic nitrogens is 2. The average molecular weight is 292 g/mol. The van der Waals surface area contributed by atoms with Crippen LogP contribution in [-0.2, 0) is 5.41 Å². The van der Waals surface area contributed by atoms with Crippen molar-refractivity contribution in [3.05, 3.63) is 11.9 Å². The first-order valence-electron chi connectivity index (χ1n) is 7.81. The van der Waals surface area contributed by atoms with Crippen LogP contribution < -0.4 is 10.2 Å². The number of hydrogen-bond donors (Lipinski definition) is 2. The van der Waals surface area contributed by atoms with Crippen LogP contribution in [0.2, 0.25) is 0 Å². The second-order valence-electron chi connectivity index (χ2n) is 7.00. The predicted octanol–water partition coefficient (Wildman–Crippen LogP) is 2.41. The van der Waals surface area contributed by atoms with Gasteiger partial charge in [-0.15, -0.1) is 0 Å². The Hall–Kier alpha value is -1.36. The summed E-state index contributed by atoms with van der Waals surface area (Å²) in [6.07, 6.45) is 1.82. The van der Waals surface area contributed by atoms with E-state index in [1.165, 1.54) is 0 Å². The third kappa shape index (κ3) is 3.84. The Balaban J connectivity index is 2.20. The van der Waals surface area contributed by atoms with Crippen LogP contribution in [0.1, 0.15) is 46.4 Å². The first-order chi connectivity index (χ1) is 9.81. The normalized spacial score (nSPS) is 18.7. The number of aliphatic hydroxyl groups is 1. The zero-order valence-corrected chi connectivity index (χ0v) is 13.8. The highest BCUT2D eigenvalue weighted by molar-refractivity contribution is 5.50. The molecule has 0 radical (unpaired) electrons. The van der Waals surface area contributed by atoms with Gasteiger partial charge in [0, 0.05) is 31.6 Å². The minimum Gasteiger partial charge on any atom is -0.393 e. The molecule has 5 nitrogen and oxygen atoms in total. The van der Waals surface area contributed by atoms with Crippen molar-refractivity contribution in [1.82, 2.24) is 9.97 Å². The summed E-state index contributed by atoms with van der Waals surface area (Å²) in [7, 11) is 1.89. The van der Waals surface area contributed by atoms with Gasteiger partial charge in [0.1, 0.15) is 17.5 Å². The molecule has 1 aliphatic rings. The fourth-order valence-electron chi connectivity index (χ4n) is 2.67. The first kappa shape index (κ1) is 16.0. The van der Waals surface area contributed by atoms with Gasteiger partial charge in [-0.2, -0.15) is 0 Å². The fourth-order valence-corrected chi connectivity index (χ4v) is 2.67. The van der Waals surface area contributed by atoms with Crippen LogP contribution in [0.25, 0.3) is 0 Å². The van der Waals surface area contributed by atoms with Crippen molar-refractivity contribution in [3.8, 4) is 0 Å². The maximum atomic E-state index is 9.71. The van der Waals surface area contributed by atoms with Gasteiger partial charge in [-0.05, 0) is 25.7 Å². The topological polar surface area (TPSA) is 61.3 Å². The minimum absolute atomic E-state index is 0.0699. The lowest BCUT2D eigenvalue weighted by Crippen LogP contribution is -2.38. The second-order valence-corrected chi connectivity index (χ2v) is 7.00. The maximum Gasteiger partial charge on any atom is 0.138 e. The molecule has 2 rings (SSSR count). The molecule has 21 heavy (non-hydrogen) atoms. The van der Waals surface area contributed by atoms with Gasteiger partial charge in [0.25, 0.3) is 0 Å². The lowest BCUT2D eigenvalue weighted by Gasteiger charge is -2.34. The minimum atomic E-state index is -0.212. The summed E-state index contributed by atoms with van der Waals surface area (Å²) >= 11 is 0. The summed E-state index contributed by atoms with van der Waals surface area (Å²) in [5.74, 6) is 3.13. The third-order valence-electron chi connectivity index (χ3n) is 4.19. The number of aliphatic hydroxyl groups excluding tert-OH is 1. The number of rotatable bonds is 3.